The minimum absolute atomic E-state index is 0.0343. The van der Waals surface area contributed by atoms with Crippen LogP contribution in [0, 0.1) is 5.41 Å². The number of fused-ring (bicyclic) bond motifs is 1. The van der Waals surface area contributed by atoms with Crippen LogP contribution in [0.1, 0.15) is 17.7 Å². The molecule has 0 saturated heterocycles. The minimum atomic E-state index is -3.81. The molecule has 0 amide bonds. The van der Waals surface area contributed by atoms with Gasteiger partial charge in [-0.25, -0.2) is 23.5 Å². The molecule has 0 atom stereocenters. The standard InChI is InChI=1S/C14H14N6O3S/c15-12-11(20-21)5-4-8-7-17-14(19-13(8)12)18-9-2-1-3-10(6-9)24(16,22)23/h1-3,6-7,15,21H,4-5H2,(H2,16,22,23)(H,17,18,19)/b15-12?,20-11-. The number of aromatic nitrogens is 2. The van der Waals surface area contributed by atoms with Gasteiger partial charge in [-0.05, 0) is 36.6 Å². The van der Waals surface area contributed by atoms with E-state index in [1.807, 2.05) is 0 Å². The molecule has 0 bridgehead atoms. The van der Waals surface area contributed by atoms with E-state index in [0.717, 1.165) is 5.56 Å². The second-order valence-electron chi connectivity index (χ2n) is 5.19. The molecule has 0 radical (unpaired) electrons. The van der Waals surface area contributed by atoms with Crippen molar-refractivity contribution in [2.24, 2.45) is 10.3 Å². The highest BCUT2D eigenvalue weighted by atomic mass is 32.2. The summed E-state index contributed by atoms with van der Waals surface area (Å²) in [5, 5.41) is 28.0. The van der Waals surface area contributed by atoms with Gasteiger partial charge in [0.2, 0.25) is 16.0 Å². The van der Waals surface area contributed by atoms with Crippen molar-refractivity contribution in [3.05, 3.63) is 41.7 Å². The van der Waals surface area contributed by atoms with E-state index in [9.17, 15) is 8.42 Å². The zero-order valence-corrected chi connectivity index (χ0v) is 13.2. The summed E-state index contributed by atoms with van der Waals surface area (Å²) in [6.07, 6.45) is 2.63. The highest BCUT2D eigenvalue weighted by Gasteiger charge is 2.23. The lowest BCUT2D eigenvalue weighted by Gasteiger charge is -2.17. The summed E-state index contributed by atoms with van der Waals surface area (Å²) in [4.78, 5) is 8.39. The van der Waals surface area contributed by atoms with Crippen molar-refractivity contribution in [2.45, 2.75) is 17.7 Å². The van der Waals surface area contributed by atoms with Crippen LogP contribution in [-0.4, -0.2) is 35.0 Å². The van der Waals surface area contributed by atoms with Gasteiger partial charge >= 0.3 is 0 Å². The molecule has 24 heavy (non-hydrogen) atoms. The number of nitrogens with two attached hydrogens (primary N) is 1. The maximum Gasteiger partial charge on any atom is 0.238 e. The Labute approximate surface area is 137 Å². The molecule has 0 aliphatic heterocycles. The van der Waals surface area contributed by atoms with Gasteiger partial charge in [0.05, 0.1) is 10.6 Å². The monoisotopic (exact) mass is 346 g/mol. The summed E-state index contributed by atoms with van der Waals surface area (Å²) in [6.45, 7) is 0. The van der Waals surface area contributed by atoms with Crippen molar-refractivity contribution < 1.29 is 13.6 Å². The third-order valence-corrected chi connectivity index (χ3v) is 4.47. The molecule has 0 unspecified atom stereocenters. The highest BCUT2D eigenvalue weighted by molar-refractivity contribution is 7.89. The molecular weight excluding hydrogens is 332 g/mol. The van der Waals surface area contributed by atoms with E-state index in [1.165, 1.54) is 12.1 Å². The number of nitrogens with zero attached hydrogens (tertiary/aromatic N) is 3. The lowest BCUT2D eigenvalue weighted by Crippen LogP contribution is -2.24. The Morgan fingerprint density at radius 2 is 2.12 bits per heavy atom. The Bertz CT molecular complexity index is 955. The lowest BCUT2D eigenvalue weighted by atomic mass is 9.94. The Morgan fingerprint density at radius 3 is 2.83 bits per heavy atom. The van der Waals surface area contributed by atoms with E-state index in [1.54, 1.807) is 18.3 Å². The number of nitrogens with one attached hydrogen (secondary N) is 2. The first kappa shape index (κ1) is 16.0. The highest BCUT2D eigenvalue weighted by Crippen LogP contribution is 2.21. The summed E-state index contributed by atoms with van der Waals surface area (Å²) in [5.41, 5.74) is 1.93. The predicted octanol–water partition coefficient (Wildman–Crippen LogP) is 1.01. The first-order valence-electron chi connectivity index (χ1n) is 6.94. The number of sulfonamides is 1. The Balaban J connectivity index is 1.93. The number of benzene rings is 1. The van der Waals surface area contributed by atoms with E-state index in [-0.39, 0.29) is 22.3 Å². The largest absolute Gasteiger partial charge is 0.411 e. The fourth-order valence-electron chi connectivity index (χ4n) is 2.36. The van der Waals surface area contributed by atoms with Crippen molar-refractivity contribution in [1.29, 1.82) is 5.41 Å². The first-order chi connectivity index (χ1) is 11.4. The summed E-state index contributed by atoms with van der Waals surface area (Å²) >= 11 is 0. The third kappa shape index (κ3) is 3.09. The van der Waals surface area contributed by atoms with Crippen molar-refractivity contribution in [3.63, 3.8) is 0 Å². The van der Waals surface area contributed by atoms with Gasteiger partial charge in [0.25, 0.3) is 0 Å². The van der Waals surface area contributed by atoms with E-state index >= 15 is 0 Å². The molecule has 0 fully saturated rings. The minimum Gasteiger partial charge on any atom is -0.411 e. The number of aryl methyl sites for hydroxylation is 1. The Hall–Kier alpha value is -2.85. The lowest BCUT2D eigenvalue weighted by molar-refractivity contribution is 0.318. The third-order valence-electron chi connectivity index (χ3n) is 3.56. The van der Waals surface area contributed by atoms with Crippen LogP contribution in [0.3, 0.4) is 0 Å². The molecular formula is C14H14N6O3S. The van der Waals surface area contributed by atoms with Gasteiger partial charge in [0, 0.05) is 11.9 Å². The SMILES string of the molecule is N=C1/C(=N\O)CCc2cnc(Nc3cccc(S(N)(=O)=O)c3)nc21. The van der Waals surface area contributed by atoms with Crippen molar-refractivity contribution >= 4 is 33.1 Å². The van der Waals surface area contributed by atoms with E-state index in [2.05, 4.69) is 20.4 Å². The summed E-state index contributed by atoms with van der Waals surface area (Å²) in [7, 11) is -3.81. The van der Waals surface area contributed by atoms with Gasteiger partial charge in [-0.3, -0.25) is 5.41 Å². The average Bonchev–Trinajstić information content (AvgIpc) is 2.55. The molecule has 5 N–H and O–H groups in total. The number of hydrogen-bond acceptors (Lipinski definition) is 8. The summed E-state index contributed by atoms with van der Waals surface area (Å²) in [5.74, 6) is 0.198. The summed E-state index contributed by atoms with van der Waals surface area (Å²) < 4.78 is 22.8. The normalized spacial score (nSPS) is 16.0. The molecule has 124 valence electrons. The van der Waals surface area contributed by atoms with Crippen LogP contribution in [0.25, 0.3) is 0 Å². The molecule has 10 heteroatoms. The van der Waals surface area contributed by atoms with Gasteiger partial charge in [-0.2, -0.15) is 0 Å². The van der Waals surface area contributed by atoms with Gasteiger partial charge in [-0.1, -0.05) is 11.2 Å². The fraction of sp³-hybridized carbons (Fsp3) is 0.143. The molecule has 0 spiro atoms. The summed E-state index contributed by atoms with van der Waals surface area (Å²) in [6, 6.07) is 5.93. The predicted molar refractivity (Wildman–Crippen MR) is 87.5 cm³/mol. The van der Waals surface area contributed by atoms with Gasteiger partial charge < -0.3 is 10.5 Å². The molecule has 2 aromatic rings. The van der Waals surface area contributed by atoms with Crippen molar-refractivity contribution in [1.82, 2.24) is 9.97 Å². The van der Waals surface area contributed by atoms with E-state index in [0.29, 0.717) is 24.2 Å². The molecule has 0 saturated carbocycles. The second kappa shape index (κ2) is 5.98. The first-order valence-corrected chi connectivity index (χ1v) is 8.49. The van der Waals surface area contributed by atoms with Crippen LogP contribution in [0.15, 0.2) is 40.5 Å². The molecule has 9 nitrogen and oxygen atoms in total. The zero-order valence-electron chi connectivity index (χ0n) is 12.4. The number of primary sulfonamides is 1. The van der Waals surface area contributed by atoms with Gasteiger partial charge in [0.1, 0.15) is 11.4 Å². The molecule has 1 aliphatic rings. The number of anilines is 2. The molecule has 1 aromatic carbocycles. The maximum absolute atomic E-state index is 11.4. The van der Waals surface area contributed by atoms with Crippen LogP contribution in [0.5, 0.6) is 0 Å². The number of rotatable bonds is 3. The smallest absolute Gasteiger partial charge is 0.238 e. The maximum atomic E-state index is 11.4. The number of oxime groups is 1. The Kier molecular flexibility index (Phi) is 3.99. The number of hydrogen-bond donors (Lipinski definition) is 4. The van der Waals surface area contributed by atoms with Crippen LogP contribution in [-0.2, 0) is 16.4 Å². The quantitative estimate of drug-likeness (QED) is 0.480. The van der Waals surface area contributed by atoms with E-state index in [4.69, 9.17) is 15.8 Å². The second-order valence-corrected chi connectivity index (χ2v) is 6.75. The van der Waals surface area contributed by atoms with Crippen molar-refractivity contribution in [3.8, 4) is 0 Å². The van der Waals surface area contributed by atoms with Crippen LogP contribution < -0.4 is 10.5 Å². The van der Waals surface area contributed by atoms with Crippen LogP contribution in [0.2, 0.25) is 0 Å². The molecule has 3 rings (SSSR count). The van der Waals surface area contributed by atoms with Crippen LogP contribution >= 0.6 is 0 Å². The van der Waals surface area contributed by atoms with Gasteiger partial charge in [0.15, 0.2) is 0 Å². The fourth-order valence-corrected chi connectivity index (χ4v) is 2.92. The van der Waals surface area contributed by atoms with Gasteiger partial charge in [-0.15, -0.1) is 0 Å². The molecule has 1 aliphatic carbocycles. The zero-order chi connectivity index (χ0) is 17.3. The molecule has 1 aromatic heterocycles. The molecule has 1 heterocycles. The van der Waals surface area contributed by atoms with Crippen molar-refractivity contribution in [2.75, 3.05) is 5.32 Å². The van der Waals surface area contributed by atoms with Crippen LogP contribution in [0.4, 0.5) is 11.6 Å². The Morgan fingerprint density at radius 1 is 1.33 bits per heavy atom. The van der Waals surface area contributed by atoms with E-state index < -0.39 is 10.0 Å². The average molecular weight is 346 g/mol. The topological polar surface area (TPSA) is 154 Å².